The van der Waals surface area contributed by atoms with E-state index in [0.29, 0.717) is 39.3 Å². The van der Waals surface area contributed by atoms with Crippen LogP contribution >= 0.6 is 11.6 Å². The monoisotopic (exact) mass is 500 g/mol. The highest BCUT2D eigenvalue weighted by atomic mass is 35.5. The summed E-state index contributed by atoms with van der Waals surface area (Å²) in [7, 11) is 1.59. The molecule has 190 valence electrons. The molecule has 3 N–H and O–H groups in total. The van der Waals surface area contributed by atoms with Crippen molar-refractivity contribution in [2.24, 2.45) is 0 Å². The van der Waals surface area contributed by atoms with Gasteiger partial charge in [0.2, 0.25) is 0 Å². The fraction of sp³-hybridized carbons (Fsp3) is 0.444. The number of benzene rings is 2. The molecular formula is C27H37ClN4O3. The lowest BCUT2D eigenvalue weighted by Crippen LogP contribution is -2.39. The minimum Gasteiger partial charge on any atom is -0.495 e. The standard InChI is InChI=1S/C27H37ClN4O3/c1-8-10-20(9-2)35-23-13-11-18(27(4,5)6)15-21(23)29-26(33)25-17(3)32(31-30-25)22-16-19(28)12-14-24(22)34-7/h11-16,20,30-31H,8-10H2,1-7H3,(H,29,33). The number of hydrogen-bond donors (Lipinski definition) is 3. The largest absolute Gasteiger partial charge is 0.495 e. The zero-order chi connectivity index (χ0) is 25.8. The molecule has 0 fully saturated rings. The van der Waals surface area contributed by atoms with Crippen molar-refractivity contribution >= 4 is 28.9 Å². The number of methoxy groups -OCH3 is 1. The van der Waals surface area contributed by atoms with E-state index in [1.165, 1.54) is 0 Å². The van der Waals surface area contributed by atoms with Crippen LogP contribution in [-0.4, -0.2) is 19.1 Å². The molecule has 8 heteroatoms. The number of hydrogen-bond acceptors (Lipinski definition) is 6. The Morgan fingerprint density at radius 1 is 1.14 bits per heavy atom. The van der Waals surface area contributed by atoms with Crippen LogP contribution in [0.3, 0.4) is 0 Å². The third kappa shape index (κ3) is 6.21. The van der Waals surface area contributed by atoms with Crippen LogP contribution in [0.25, 0.3) is 0 Å². The Morgan fingerprint density at radius 3 is 2.49 bits per heavy atom. The average molecular weight is 501 g/mol. The van der Waals surface area contributed by atoms with Gasteiger partial charge >= 0.3 is 0 Å². The van der Waals surface area contributed by atoms with E-state index in [1.807, 2.05) is 19.1 Å². The fourth-order valence-corrected chi connectivity index (χ4v) is 4.09. The number of nitrogens with one attached hydrogen (secondary N) is 3. The number of amides is 1. The van der Waals surface area contributed by atoms with E-state index in [9.17, 15) is 4.79 Å². The molecule has 2 aromatic carbocycles. The zero-order valence-electron chi connectivity index (χ0n) is 21.7. The normalized spacial score (nSPS) is 14.6. The summed E-state index contributed by atoms with van der Waals surface area (Å²) < 4.78 is 11.8. The van der Waals surface area contributed by atoms with Crippen LogP contribution in [0.2, 0.25) is 5.02 Å². The van der Waals surface area contributed by atoms with Gasteiger partial charge in [-0.1, -0.05) is 58.7 Å². The Morgan fingerprint density at radius 2 is 1.86 bits per heavy atom. The maximum atomic E-state index is 13.4. The topological polar surface area (TPSA) is 74.9 Å². The van der Waals surface area contributed by atoms with Crippen LogP contribution < -0.4 is 30.8 Å². The number of hydrazine groups is 2. The van der Waals surface area contributed by atoms with Crippen LogP contribution in [0.4, 0.5) is 11.4 Å². The molecule has 1 amide bonds. The molecule has 0 radical (unpaired) electrons. The number of halogens is 1. The van der Waals surface area contributed by atoms with Crippen LogP contribution in [0.5, 0.6) is 11.5 Å². The van der Waals surface area contributed by atoms with Crippen molar-refractivity contribution in [2.75, 3.05) is 17.4 Å². The third-order valence-electron chi connectivity index (χ3n) is 6.05. The van der Waals surface area contributed by atoms with Gasteiger partial charge in [0.05, 0.1) is 24.6 Å². The van der Waals surface area contributed by atoms with Crippen molar-refractivity contribution in [1.29, 1.82) is 0 Å². The van der Waals surface area contributed by atoms with Gasteiger partial charge < -0.3 is 14.8 Å². The molecule has 3 rings (SSSR count). The smallest absolute Gasteiger partial charge is 0.275 e. The summed E-state index contributed by atoms with van der Waals surface area (Å²) in [4.78, 5) is 13.4. The Labute approximate surface area is 213 Å². The van der Waals surface area contributed by atoms with Gasteiger partial charge in [0, 0.05) is 5.02 Å². The molecule has 7 nitrogen and oxygen atoms in total. The number of anilines is 2. The molecule has 0 saturated heterocycles. The summed E-state index contributed by atoms with van der Waals surface area (Å²) >= 11 is 6.21. The zero-order valence-corrected chi connectivity index (χ0v) is 22.5. The summed E-state index contributed by atoms with van der Waals surface area (Å²) in [5.41, 5.74) is 9.45. The SMILES string of the molecule is CCCC(CC)Oc1ccc(C(C)(C)C)cc1NC(=O)C1=C(C)N(c2cc(Cl)ccc2OC)NN1. The minimum atomic E-state index is -0.280. The quantitative estimate of drug-likeness (QED) is 0.375. The highest BCUT2D eigenvalue weighted by Gasteiger charge is 2.28. The van der Waals surface area contributed by atoms with Gasteiger partial charge in [-0.05, 0) is 61.1 Å². The minimum absolute atomic E-state index is 0.0755. The lowest BCUT2D eigenvalue weighted by Gasteiger charge is -2.24. The first-order chi connectivity index (χ1) is 16.6. The van der Waals surface area contributed by atoms with Crippen LogP contribution in [-0.2, 0) is 10.2 Å². The van der Waals surface area contributed by atoms with Crippen LogP contribution in [0.15, 0.2) is 47.8 Å². The number of rotatable bonds is 9. The Kier molecular flexibility index (Phi) is 8.56. The molecule has 1 heterocycles. The van der Waals surface area contributed by atoms with Crippen molar-refractivity contribution in [3.63, 3.8) is 0 Å². The number of carbonyl (C=O) groups excluding carboxylic acids is 1. The van der Waals surface area contributed by atoms with Crippen molar-refractivity contribution < 1.29 is 14.3 Å². The first-order valence-electron chi connectivity index (χ1n) is 12.1. The van der Waals surface area contributed by atoms with Gasteiger partial charge in [-0.3, -0.25) is 15.2 Å². The molecule has 1 atom stereocenters. The van der Waals surface area contributed by atoms with E-state index in [2.05, 4.69) is 57.0 Å². The number of allylic oxidation sites excluding steroid dienone is 1. The van der Waals surface area contributed by atoms with Gasteiger partial charge in [0.1, 0.15) is 22.9 Å². The van der Waals surface area contributed by atoms with Gasteiger partial charge in [-0.15, -0.1) is 5.53 Å². The highest BCUT2D eigenvalue weighted by Crippen LogP contribution is 2.35. The van der Waals surface area contributed by atoms with Gasteiger partial charge in [0.25, 0.3) is 5.91 Å². The van der Waals surface area contributed by atoms with Gasteiger partial charge in [0.15, 0.2) is 0 Å². The summed E-state index contributed by atoms with van der Waals surface area (Å²) in [6.45, 7) is 12.5. The molecule has 0 aromatic heterocycles. The molecule has 35 heavy (non-hydrogen) atoms. The van der Waals surface area contributed by atoms with Crippen LogP contribution in [0, 0.1) is 0 Å². The van der Waals surface area contributed by atoms with Gasteiger partial charge in [-0.2, -0.15) is 0 Å². The Hall–Kier alpha value is -2.90. The van der Waals surface area contributed by atoms with Crippen molar-refractivity contribution in [3.8, 4) is 11.5 Å². The van der Waals surface area contributed by atoms with Crippen molar-refractivity contribution in [1.82, 2.24) is 11.0 Å². The van der Waals surface area contributed by atoms with E-state index >= 15 is 0 Å². The second-order valence-electron chi connectivity index (χ2n) is 9.70. The van der Waals surface area contributed by atoms with E-state index in [4.69, 9.17) is 21.1 Å². The molecule has 1 aliphatic heterocycles. The Balaban J connectivity index is 1.92. The summed E-state index contributed by atoms with van der Waals surface area (Å²) in [6, 6.07) is 11.3. The molecule has 2 aromatic rings. The molecular weight excluding hydrogens is 464 g/mol. The maximum Gasteiger partial charge on any atom is 0.275 e. The average Bonchev–Trinajstić information content (AvgIpc) is 3.20. The number of carbonyl (C=O) groups is 1. The predicted molar refractivity (Wildman–Crippen MR) is 143 cm³/mol. The molecule has 0 saturated carbocycles. The van der Waals surface area contributed by atoms with Crippen LogP contribution in [0.1, 0.15) is 66.4 Å². The first-order valence-corrected chi connectivity index (χ1v) is 12.5. The van der Waals surface area contributed by atoms with Crippen molar-refractivity contribution in [2.45, 2.75) is 72.3 Å². The van der Waals surface area contributed by atoms with E-state index < -0.39 is 0 Å². The lowest BCUT2D eigenvalue weighted by molar-refractivity contribution is -0.113. The Bertz CT molecular complexity index is 1090. The number of ether oxygens (including phenoxy) is 2. The molecule has 0 bridgehead atoms. The second kappa shape index (κ2) is 11.2. The molecule has 1 aliphatic rings. The van der Waals surface area contributed by atoms with Crippen molar-refractivity contribution in [3.05, 3.63) is 58.4 Å². The fourth-order valence-electron chi connectivity index (χ4n) is 3.93. The summed E-state index contributed by atoms with van der Waals surface area (Å²) in [5.74, 6) is 1.02. The molecule has 0 spiro atoms. The lowest BCUT2D eigenvalue weighted by atomic mass is 9.87. The number of nitrogens with zero attached hydrogens (tertiary/aromatic N) is 1. The molecule has 1 unspecified atom stereocenters. The maximum absolute atomic E-state index is 13.4. The van der Waals surface area contributed by atoms with E-state index in [0.717, 1.165) is 24.8 Å². The van der Waals surface area contributed by atoms with E-state index in [-0.39, 0.29) is 17.4 Å². The predicted octanol–water partition coefficient (Wildman–Crippen LogP) is 6.30. The van der Waals surface area contributed by atoms with E-state index in [1.54, 1.807) is 30.3 Å². The van der Waals surface area contributed by atoms with Gasteiger partial charge in [-0.25, -0.2) is 0 Å². The summed E-state index contributed by atoms with van der Waals surface area (Å²) in [5, 5.41) is 5.37. The third-order valence-corrected chi connectivity index (χ3v) is 6.29. The first kappa shape index (κ1) is 26.7. The highest BCUT2D eigenvalue weighted by molar-refractivity contribution is 6.31. The molecule has 0 aliphatic carbocycles. The second-order valence-corrected chi connectivity index (χ2v) is 10.1. The summed E-state index contributed by atoms with van der Waals surface area (Å²) in [6.07, 6.45) is 2.98.